The van der Waals surface area contributed by atoms with Gasteiger partial charge in [0.2, 0.25) is 0 Å². The van der Waals surface area contributed by atoms with Crippen molar-refractivity contribution < 1.29 is 14.7 Å². The van der Waals surface area contributed by atoms with Crippen molar-refractivity contribution in [3.63, 3.8) is 0 Å². The second-order valence-corrected chi connectivity index (χ2v) is 4.48. The van der Waals surface area contributed by atoms with E-state index in [2.05, 4.69) is 5.32 Å². The maximum atomic E-state index is 11.5. The van der Waals surface area contributed by atoms with E-state index in [1.54, 1.807) is 11.9 Å². The first-order valence-electron chi connectivity index (χ1n) is 6.18. The first-order valence-corrected chi connectivity index (χ1v) is 6.18. The summed E-state index contributed by atoms with van der Waals surface area (Å²) in [5.41, 5.74) is 0. The average Bonchev–Trinajstić information content (AvgIpc) is 2.26. The molecular formula is C12H24N2O3. The minimum absolute atomic E-state index is 0.0581. The zero-order chi connectivity index (χ0) is 13.3. The molecule has 0 aromatic carbocycles. The Morgan fingerprint density at radius 3 is 2.53 bits per heavy atom. The number of carboxylic acids is 1. The molecule has 0 aliphatic carbocycles. The lowest BCUT2D eigenvalue weighted by Gasteiger charge is -2.17. The Bertz CT molecular complexity index is 244. The van der Waals surface area contributed by atoms with Gasteiger partial charge in [0, 0.05) is 26.6 Å². The number of nitrogens with zero attached hydrogens (tertiary/aromatic N) is 1. The molecule has 0 aliphatic heterocycles. The van der Waals surface area contributed by atoms with Crippen LogP contribution in [-0.2, 0) is 4.79 Å². The molecule has 2 amide bonds. The second-order valence-electron chi connectivity index (χ2n) is 4.48. The van der Waals surface area contributed by atoms with Gasteiger partial charge < -0.3 is 15.3 Å². The number of carboxylic acid groups (broad SMARTS) is 1. The number of amides is 2. The van der Waals surface area contributed by atoms with E-state index in [-0.39, 0.29) is 12.5 Å². The molecule has 0 saturated carbocycles. The normalized spacial score (nSPS) is 11.9. The van der Waals surface area contributed by atoms with Gasteiger partial charge in [0.05, 0.1) is 0 Å². The molecule has 0 rings (SSSR count). The highest BCUT2D eigenvalue weighted by Crippen LogP contribution is 2.09. The summed E-state index contributed by atoms with van der Waals surface area (Å²) >= 11 is 0. The molecule has 2 N–H and O–H groups in total. The number of aliphatic carboxylic acids is 1. The Balaban J connectivity index is 3.61. The average molecular weight is 244 g/mol. The predicted octanol–water partition coefficient (Wildman–Crippen LogP) is 1.93. The number of carbonyl (C=O) groups excluding carboxylic acids is 1. The lowest BCUT2D eigenvalue weighted by Crippen LogP contribution is -2.38. The van der Waals surface area contributed by atoms with Gasteiger partial charge >= 0.3 is 12.0 Å². The third-order valence-corrected chi connectivity index (χ3v) is 2.67. The summed E-state index contributed by atoms with van der Waals surface area (Å²) in [6.45, 7) is 5.39. The molecule has 0 bridgehead atoms. The molecule has 1 unspecified atom stereocenters. The highest BCUT2D eigenvalue weighted by Gasteiger charge is 2.08. The van der Waals surface area contributed by atoms with Crippen LogP contribution in [0.5, 0.6) is 0 Å². The Morgan fingerprint density at radius 2 is 2.00 bits per heavy atom. The predicted molar refractivity (Wildman–Crippen MR) is 67.0 cm³/mol. The van der Waals surface area contributed by atoms with Crippen molar-refractivity contribution in [2.45, 2.75) is 39.5 Å². The van der Waals surface area contributed by atoms with Gasteiger partial charge in [-0.15, -0.1) is 0 Å². The monoisotopic (exact) mass is 244 g/mol. The molecule has 0 radical (unpaired) electrons. The van der Waals surface area contributed by atoms with E-state index in [0.29, 0.717) is 18.9 Å². The smallest absolute Gasteiger partial charge is 0.317 e. The minimum Gasteiger partial charge on any atom is -0.481 e. The molecular weight excluding hydrogens is 220 g/mol. The number of urea groups is 1. The van der Waals surface area contributed by atoms with Gasteiger partial charge in [0.1, 0.15) is 0 Å². The molecule has 100 valence electrons. The van der Waals surface area contributed by atoms with Gasteiger partial charge in [-0.2, -0.15) is 0 Å². The maximum Gasteiger partial charge on any atom is 0.317 e. The number of carbonyl (C=O) groups is 2. The summed E-state index contributed by atoms with van der Waals surface area (Å²) in [6.07, 6.45) is 2.62. The molecule has 0 aromatic rings. The van der Waals surface area contributed by atoms with Crippen molar-refractivity contribution in [2.24, 2.45) is 5.92 Å². The Kier molecular flexibility index (Phi) is 8.19. The molecule has 0 heterocycles. The Hall–Kier alpha value is -1.26. The van der Waals surface area contributed by atoms with E-state index in [4.69, 9.17) is 5.11 Å². The van der Waals surface area contributed by atoms with Gasteiger partial charge in [-0.25, -0.2) is 4.79 Å². The summed E-state index contributed by atoms with van der Waals surface area (Å²) in [6, 6.07) is -0.0581. The highest BCUT2D eigenvalue weighted by atomic mass is 16.4. The standard InChI is InChI=1S/C12H24N2O3/c1-4-9-14(3)12(17)13-8-7-10(2)5-6-11(15)16/h10H,4-9H2,1-3H3,(H,13,17)(H,15,16). The summed E-state index contributed by atoms with van der Waals surface area (Å²) in [5.74, 6) is -0.438. The lowest BCUT2D eigenvalue weighted by atomic mass is 10.0. The van der Waals surface area contributed by atoms with E-state index >= 15 is 0 Å². The van der Waals surface area contributed by atoms with Crippen molar-refractivity contribution in [1.29, 1.82) is 0 Å². The number of nitrogens with one attached hydrogen (secondary N) is 1. The molecule has 0 fully saturated rings. The molecule has 5 heteroatoms. The zero-order valence-corrected chi connectivity index (χ0v) is 11.0. The fourth-order valence-electron chi connectivity index (χ4n) is 1.51. The quantitative estimate of drug-likeness (QED) is 0.685. The molecule has 0 aliphatic rings. The van der Waals surface area contributed by atoms with E-state index < -0.39 is 5.97 Å². The summed E-state index contributed by atoms with van der Waals surface area (Å²) < 4.78 is 0. The number of hydrogen-bond acceptors (Lipinski definition) is 2. The van der Waals surface area contributed by atoms with Crippen molar-refractivity contribution in [3.05, 3.63) is 0 Å². The SMILES string of the molecule is CCCN(C)C(=O)NCCC(C)CCC(=O)O. The molecule has 1 atom stereocenters. The van der Waals surface area contributed by atoms with Gasteiger partial charge in [0.25, 0.3) is 0 Å². The molecule has 5 nitrogen and oxygen atoms in total. The van der Waals surface area contributed by atoms with Gasteiger partial charge in [-0.3, -0.25) is 4.79 Å². The first kappa shape index (κ1) is 15.7. The molecule has 17 heavy (non-hydrogen) atoms. The largest absolute Gasteiger partial charge is 0.481 e. The second kappa shape index (κ2) is 8.84. The molecule has 0 spiro atoms. The van der Waals surface area contributed by atoms with Crippen LogP contribution in [0.4, 0.5) is 4.79 Å². The fraction of sp³-hybridized carbons (Fsp3) is 0.833. The number of rotatable bonds is 8. The lowest BCUT2D eigenvalue weighted by molar-refractivity contribution is -0.137. The van der Waals surface area contributed by atoms with Crippen LogP contribution in [-0.4, -0.2) is 42.1 Å². The molecule has 0 saturated heterocycles. The van der Waals surface area contributed by atoms with Crippen molar-refractivity contribution in [3.8, 4) is 0 Å². The highest BCUT2D eigenvalue weighted by molar-refractivity contribution is 5.73. The van der Waals surface area contributed by atoms with E-state index in [1.165, 1.54) is 0 Å². The first-order chi connectivity index (χ1) is 7.97. The van der Waals surface area contributed by atoms with Crippen LogP contribution in [0.15, 0.2) is 0 Å². The summed E-state index contributed by atoms with van der Waals surface area (Å²) in [7, 11) is 1.77. The fourth-order valence-corrected chi connectivity index (χ4v) is 1.51. The van der Waals surface area contributed by atoms with Crippen molar-refractivity contribution >= 4 is 12.0 Å². The van der Waals surface area contributed by atoms with E-state index in [1.807, 2.05) is 13.8 Å². The summed E-state index contributed by atoms with van der Waals surface area (Å²) in [4.78, 5) is 23.5. The Labute approximate surface area is 103 Å². The zero-order valence-electron chi connectivity index (χ0n) is 11.0. The van der Waals surface area contributed by atoms with Crippen molar-refractivity contribution in [2.75, 3.05) is 20.1 Å². The van der Waals surface area contributed by atoms with E-state index in [9.17, 15) is 9.59 Å². The third-order valence-electron chi connectivity index (χ3n) is 2.67. The van der Waals surface area contributed by atoms with Crippen LogP contribution in [0.2, 0.25) is 0 Å². The summed E-state index contributed by atoms with van der Waals surface area (Å²) in [5, 5.41) is 11.4. The van der Waals surface area contributed by atoms with Gasteiger partial charge in [-0.05, 0) is 25.2 Å². The van der Waals surface area contributed by atoms with Crippen LogP contribution in [0, 0.1) is 5.92 Å². The van der Waals surface area contributed by atoms with Crippen LogP contribution in [0.1, 0.15) is 39.5 Å². The van der Waals surface area contributed by atoms with Crippen LogP contribution < -0.4 is 5.32 Å². The van der Waals surface area contributed by atoms with Gasteiger partial charge in [0.15, 0.2) is 0 Å². The van der Waals surface area contributed by atoms with Crippen LogP contribution >= 0.6 is 0 Å². The van der Waals surface area contributed by atoms with Crippen molar-refractivity contribution in [1.82, 2.24) is 10.2 Å². The number of hydrogen-bond donors (Lipinski definition) is 2. The molecule has 0 aromatic heterocycles. The van der Waals surface area contributed by atoms with Crippen LogP contribution in [0.3, 0.4) is 0 Å². The third kappa shape index (κ3) is 8.54. The van der Waals surface area contributed by atoms with E-state index in [0.717, 1.165) is 19.4 Å². The van der Waals surface area contributed by atoms with Gasteiger partial charge in [-0.1, -0.05) is 13.8 Å². The maximum absolute atomic E-state index is 11.5. The minimum atomic E-state index is -0.761. The topological polar surface area (TPSA) is 69.6 Å². The van der Waals surface area contributed by atoms with Crippen LogP contribution in [0.25, 0.3) is 0 Å². The Morgan fingerprint density at radius 1 is 1.35 bits per heavy atom.